The molecule has 0 amide bonds. The highest BCUT2D eigenvalue weighted by atomic mass is 35.5. The molecule has 0 saturated heterocycles. The molecular weight excluding hydrogens is 188 g/mol. The largest absolute Gasteiger partial charge is 0.490 e. The zero-order valence-corrected chi connectivity index (χ0v) is 8.51. The van der Waals surface area contributed by atoms with Gasteiger partial charge in [0.15, 0.2) is 0 Å². The van der Waals surface area contributed by atoms with Gasteiger partial charge in [0, 0.05) is 6.04 Å². The molecule has 1 unspecified atom stereocenters. The first-order valence-corrected chi connectivity index (χ1v) is 4.48. The average Bonchev–Trinajstić information content (AvgIpc) is 2.07. The number of aryl methyl sites for hydroxylation is 1. The van der Waals surface area contributed by atoms with Crippen LogP contribution in [-0.2, 0) is 0 Å². The highest BCUT2D eigenvalue weighted by Crippen LogP contribution is 2.17. The lowest BCUT2D eigenvalue weighted by molar-refractivity contribution is 0.295. The van der Waals surface area contributed by atoms with Crippen molar-refractivity contribution in [3.63, 3.8) is 0 Å². The minimum atomic E-state index is 0.0241. The molecule has 1 rings (SSSR count). The molecule has 3 nitrogen and oxygen atoms in total. The van der Waals surface area contributed by atoms with E-state index in [9.17, 15) is 0 Å². The van der Waals surface area contributed by atoms with Crippen LogP contribution in [0.4, 0.5) is 0 Å². The molecule has 2 N–H and O–H groups in total. The molecule has 1 heterocycles. The summed E-state index contributed by atoms with van der Waals surface area (Å²) < 4.78 is 5.36. The standard InChI is InChI=1S/C9H13ClN2O/c1-6-3-8(4-12-9(6)10)13-5-7(2)11/h3-4,7H,5,11H2,1-2H3. The highest BCUT2D eigenvalue weighted by molar-refractivity contribution is 6.30. The van der Waals surface area contributed by atoms with Gasteiger partial charge >= 0.3 is 0 Å². The van der Waals surface area contributed by atoms with Crippen molar-refractivity contribution in [3.8, 4) is 5.75 Å². The van der Waals surface area contributed by atoms with Crippen LogP contribution in [0.15, 0.2) is 12.3 Å². The first-order valence-electron chi connectivity index (χ1n) is 4.10. The predicted octanol–water partition coefficient (Wildman–Crippen LogP) is 1.77. The summed E-state index contributed by atoms with van der Waals surface area (Å²) in [5.41, 5.74) is 6.44. The summed E-state index contributed by atoms with van der Waals surface area (Å²) in [6.07, 6.45) is 1.59. The van der Waals surface area contributed by atoms with Gasteiger partial charge in [0.05, 0.1) is 6.20 Å². The molecule has 0 saturated carbocycles. The summed E-state index contributed by atoms with van der Waals surface area (Å²) in [6.45, 7) is 4.26. The van der Waals surface area contributed by atoms with Gasteiger partial charge in [0.1, 0.15) is 17.5 Å². The molecule has 0 aliphatic carbocycles. The predicted molar refractivity (Wildman–Crippen MR) is 53.1 cm³/mol. The summed E-state index contributed by atoms with van der Waals surface area (Å²) >= 11 is 5.75. The van der Waals surface area contributed by atoms with Crippen molar-refractivity contribution in [3.05, 3.63) is 23.0 Å². The van der Waals surface area contributed by atoms with E-state index in [4.69, 9.17) is 22.1 Å². The monoisotopic (exact) mass is 200 g/mol. The highest BCUT2D eigenvalue weighted by Gasteiger charge is 2.00. The van der Waals surface area contributed by atoms with Crippen LogP contribution in [0.3, 0.4) is 0 Å². The Morgan fingerprint density at radius 2 is 2.38 bits per heavy atom. The molecule has 0 aromatic carbocycles. The Morgan fingerprint density at radius 3 is 2.92 bits per heavy atom. The molecule has 0 spiro atoms. The van der Waals surface area contributed by atoms with Gasteiger partial charge in [-0.05, 0) is 25.5 Å². The first kappa shape index (κ1) is 10.3. The Balaban J connectivity index is 2.63. The van der Waals surface area contributed by atoms with E-state index in [1.165, 1.54) is 0 Å². The van der Waals surface area contributed by atoms with E-state index in [2.05, 4.69) is 4.98 Å². The van der Waals surface area contributed by atoms with Gasteiger partial charge in [-0.25, -0.2) is 4.98 Å². The van der Waals surface area contributed by atoms with Gasteiger partial charge in [-0.3, -0.25) is 0 Å². The quantitative estimate of drug-likeness (QED) is 0.757. The zero-order valence-electron chi connectivity index (χ0n) is 7.75. The molecule has 0 aliphatic heterocycles. The number of ether oxygens (including phenoxy) is 1. The van der Waals surface area contributed by atoms with Crippen LogP contribution in [0, 0.1) is 6.92 Å². The van der Waals surface area contributed by atoms with Gasteiger partial charge in [0.2, 0.25) is 0 Å². The van der Waals surface area contributed by atoms with E-state index in [1.54, 1.807) is 6.20 Å². The smallest absolute Gasteiger partial charge is 0.138 e. The lowest BCUT2D eigenvalue weighted by Gasteiger charge is -2.08. The lowest BCUT2D eigenvalue weighted by Crippen LogP contribution is -2.23. The summed E-state index contributed by atoms with van der Waals surface area (Å²) in [6, 6.07) is 1.87. The third-order valence-electron chi connectivity index (χ3n) is 1.50. The van der Waals surface area contributed by atoms with Gasteiger partial charge < -0.3 is 10.5 Å². The zero-order chi connectivity index (χ0) is 9.84. The maximum Gasteiger partial charge on any atom is 0.138 e. The maximum absolute atomic E-state index is 5.75. The van der Waals surface area contributed by atoms with Gasteiger partial charge in [0.25, 0.3) is 0 Å². The summed E-state index contributed by atoms with van der Waals surface area (Å²) in [4.78, 5) is 3.96. The van der Waals surface area contributed by atoms with Gasteiger partial charge in [-0.15, -0.1) is 0 Å². The van der Waals surface area contributed by atoms with Crippen molar-refractivity contribution in [1.82, 2.24) is 4.98 Å². The third-order valence-corrected chi connectivity index (χ3v) is 1.90. The van der Waals surface area contributed by atoms with Crippen LogP contribution in [0.2, 0.25) is 5.15 Å². The van der Waals surface area contributed by atoms with Crippen molar-refractivity contribution < 1.29 is 4.74 Å². The SMILES string of the molecule is Cc1cc(OCC(C)N)cnc1Cl. The molecular formula is C9H13ClN2O. The lowest BCUT2D eigenvalue weighted by atomic mass is 10.3. The van der Waals surface area contributed by atoms with E-state index in [1.807, 2.05) is 19.9 Å². The summed E-state index contributed by atoms with van der Waals surface area (Å²) in [5.74, 6) is 0.708. The Hall–Kier alpha value is -0.800. The van der Waals surface area contributed by atoms with E-state index in [0.29, 0.717) is 17.5 Å². The average molecular weight is 201 g/mol. The Morgan fingerprint density at radius 1 is 1.69 bits per heavy atom. The second kappa shape index (κ2) is 4.44. The van der Waals surface area contributed by atoms with Crippen molar-refractivity contribution in [2.24, 2.45) is 5.73 Å². The van der Waals surface area contributed by atoms with E-state index < -0.39 is 0 Å². The van der Waals surface area contributed by atoms with Crippen LogP contribution < -0.4 is 10.5 Å². The van der Waals surface area contributed by atoms with Crippen LogP contribution in [-0.4, -0.2) is 17.6 Å². The molecule has 0 bridgehead atoms. The van der Waals surface area contributed by atoms with Gasteiger partial charge in [-0.2, -0.15) is 0 Å². The normalized spacial score (nSPS) is 12.6. The topological polar surface area (TPSA) is 48.1 Å². The fourth-order valence-corrected chi connectivity index (χ4v) is 0.942. The maximum atomic E-state index is 5.75. The molecule has 0 radical (unpaired) electrons. The van der Waals surface area contributed by atoms with E-state index >= 15 is 0 Å². The number of hydrogen-bond donors (Lipinski definition) is 1. The number of hydrogen-bond acceptors (Lipinski definition) is 3. The Bertz CT molecular complexity index is 289. The number of rotatable bonds is 3. The minimum Gasteiger partial charge on any atom is -0.490 e. The minimum absolute atomic E-state index is 0.0241. The molecule has 1 atom stereocenters. The van der Waals surface area contributed by atoms with Crippen molar-refractivity contribution in [2.75, 3.05) is 6.61 Å². The number of halogens is 1. The molecule has 0 fully saturated rings. The molecule has 72 valence electrons. The van der Waals surface area contributed by atoms with Crippen molar-refractivity contribution in [2.45, 2.75) is 19.9 Å². The van der Waals surface area contributed by atoms with Crippen LogP contribution >= 0.6 is 11.6 Å². The number of nitrogens with zero attached hydrogens (tertiary/aromatic N) is 1. The van der Waals surface area contributed by atoms with E-state index in [0.717, 1.165) is 5.56 Å². The number of pyridine rings is 1. The molecule has 1 aromatic rings. The summed E-state index contributed by atoms with van der Waals surface area (Å²) in [7, 11) is 0. The molecule has 4 heteroatoms. The Labute approximate surface area is 82.9 Å². The first-order chi connectivity index (χ1) is 6.09. The second-order valence-electron chi connectivity index (χ2n) is 3.07. The van der Waals surface area contributed by atoms with Gasteiger partial charge in [-0.1, -0.05) is 11.6 Å². The molecule has 0 aliphatic rings. The number of aromatic nitrogens is 1. The number of nitrogens with two attached hydrogens (primary N) is 1. The molecule has 1 aromatic heterocycles. The third kappa shape index (κ3) is 3.20. The Kier molecular flexibility index (Phi) is 3.51. The van der Waals surface area contributed by atoms with Crippen LogP contribution in [0.25, 0.3) is 0 Å². The molecule has 13 heavy (non-hydrogen) atoms. The fourth-order valence-electron chi connectivity index (χ4n) is 0.839. The van der Waals surface area contributed by atoms with E-state index in [-0.39, 0.29) is 6.04 Å². The fraction of sp³-hybridized carbons (Fsp3) is 0.444. The van der Waals surface area contributed by atoms with Crippen LogP contribution in [0.5, 0.6) is 5.75 Å². The second-order valence-corrected chi connectivity index (χ2v) is 3.43. The van der Waals surface area contributed by atoms with Crippen molar-refractivity contribution >= 4 is 11.6 Å². The van der Waals surface area contributed by atoms with Crippen LogP contribution in [0.1, 0.15) is 12.5 Å². The van der Waals surface area contributed by atoms with Crippen molar-refractivity contribution in [1.29, 1.82) is 0 Å². The summed E-state index contributed by atoms with van der Waals surface area (Å²) in [5, 5.41) is 0.508.